The molecule has 1 aliphatic rings. The van der Waals surface area contributed by atoms with Crippen LogP contribution in [0.4, 0.5) is 4.39 Å². The molecule has 3 aromatic rings. The highest BCUT2D eigenvalue weighted by Gasteiger charge is 2.42. The number of aliphatic hydroxyl groups excluding tert-OH is 3. The summed E-state index contributed by atoms with van der Waals surface area (Å²) in [6, 6.07) is 16.5. The second-order valence-electron chi connectivity index (χ2n) is 8.25. The first-order valence-electron chi connectivity index (χ1n) is 10.4. The first-order chi connectivity index (χ1) is 14.9. The van der Waals surface area contributed by atoms with E-state index in [1.807, 2.05) is 31.2 Å². The highest BCUT2D eigenvalue weighted by atomic mass is 32.1. The van der Waals surface area contributed by atoms with Gasteiger partial charge in [-0.3, -0.25) is 0 Å². The lowest BCUT2D eigenvalue weighted by atomic mass is 9.85. The Morgan fingerprint density at radius 3 is 2.45 bits per heavy atom. The summed E-state index contributed by atoms with van der Waals surface area (Å²) < 4.78 is 19.1. The molecule has 0 spiro atoms. The second kappa shape index (κ2) is 9.18. The lowest BCUT2D eigenvalue weighted by Crippen LogP contribution is -2.50. The minimum atomic E-state index is -1.06. The summed E-state index contributed by atoms with van der Waals surface area (Å²) in [5.41, 5.74) is 4.00. The average Bonchev–Trinajstić information content (AvgIpc) is 3.23. The molecule has 0 amide bonds. The van der Waals surface area contributed by atoms with Gasteiger partial charge in [0, 0.05) is 22.1 Å². The van der Waals surface area contributed by atoms with Crippen molar-refractivity contribution in [3.05, 3.63) is 82.0 Å². The van der Waals surface area contributed by atoms with Gasteiger partial charge in [0.1, 0.15) is 18.0 Å². The van der Waals surface area contributed by atoms with E-state index in [0.29, 0.717) is 0 Å². The van der Waals surface area contributed by atoms with Gasteiger partial charge in [-0.15, -0.1) is 11.3 Å². The van der Waals surface area contributed by atoms with E-state index >= 15 is 0 Å². The van der Waals surface area contributed by atoms with Gasteiger partial charge in [0.15, 0.2) is 0 Å². The molecule has 2 aromatic carbocycles. The molecule has 1 fully saturated rings. The van der Waals surface area contributed by atoms with Gasteiger partial charge < -0.3 is 20.1 Å². The summed E-state index contributed by atoms with van der Waals surface area (Å²) in [6.07, 6.45) is -2.52. The van der Waals surface area contributed by atoms with Crippen LogP contribution in [0.2, 0.25) is 0 Å². The summed E-state index contributed by atoms with van der Waals surface area (Å²) in [4.78, 5) is 2.25. The smallest absolute Gasteiger partial charge is 0.123 e. The van der Waals surface area contributed by atoms with Crippen LogP contribution in [0.1, 0.15) is 34.6 Å². The molecule has 2 heterocycles. The molecule has 0 radical (unpaired) electrons. The van der Waals surface area contributed by atoms with E-state index in [1.54, 1.807) is 30.4 Å². The van der Waals surface area contributed by atoms with Crippen molar-refractivity contribution in [3.63, 3.8) is 0 Å². The van der Waals surface area contributed by atoms with Crippen molar-refractivity contribution in [1.29, 1.82) is 0 Å². The van der Waals surface area contributed by atoms with Crippen molar-refractivity contribution in [2.75, 3.05) is 6.61 Å². The molecule has 31 heavy (non-hydrogen) atoms. The van der Waals surface area contributed by atoms with Crippen LogP contribution in [-0.2, 0) is 11.2 Å². The van der Waals surface area contributed by atoms with Crippen molar-refractivity contribution >= 4 is 11.3 Å². The Balaban J connectivity index is 1.57. The second-order valence-corrected chi connectivity index (χ2v) is 9.42. The summed E-state index contributed by atoms with van der Waals surface area (Å²) in [5.74, 6) is -0.597. The molecule has 6 heteroatoms. The molecule has 4 nitrogen and oxygen atoms in total. The quantitative estimate of drug-likeness (QED) is 0.553. The molecule has 4 rings (SSSR count). The van der Waals surface area contributed by atoms with E-state index < -0.39 is 24.4 Å². The molecule has 0 bridgehead atoms. The third kappa shape index (κ3) is 4.59. The largest absolute Gasteiger partial charge is 0.394 e. The average molecular weight is 443 g/mol. The standard InChI is InChI=1S/C25H27FO4S/c1-14-3-4-17(25-24(29)23(28)15(2)21(13-27)30-25)11-18(14)12-20-9-10-22(31-20)16-5-7-19(26)8-6-16/h3-11,15,21,23-25,27-29H,12-13H2,1-2H3/t15-,21-,23+,24-,25+/m1/s1. The number of halogens is 1. The predicted octanol–water partition coefficient (Wildman–Crippen LogP) is 4.24. The molecule has 0 aliphatic carbocycles. The van der Waals surface area contributed by atoms with E-state index in [9.17, 15) is 19.7 Å². The van der Waals surface area contributed by atoms with Gasteiger partial charge in [-0.25, -0.2) is 4.39 Å². The Morgan fingerprint density at radius 1 is 1.00 bits per heavy atom. The summed E-state index contributed by atoms with van der Waals surface area (Å²) in [5, 5.41) is 30.6. The van der Waals surface area contributed by atoms with Crippen molar-refractivity contribution in [2.24, 2.45) is 5.92 Å². The van der Waals surface area contributed by atoms with Crippen molar-refractivity contribution in [2.45, 2.75) is 44.7 Å². The molecule has 1 aliphatic heterocycles. The molecule has 5 atom stereocenters. The fourth-order valence-electron chi connectivity index (χ4n) is 4.08. The first kappa shape index (κ1) is 22.1. The maximum Gasteiger partial charge on any atom is 0.123 e. The topological polar surface area (TPSA) is 69.9 Å². The Kier molecular flexibility index (Phi) is 6.55. The Labute approximate surface area is 185 Å². The Morgan fingerprint density at radius 2 is 1.74 bits per heavy atom. The van der Waals surface area contributed by atoms with E-state index in [4.69, 9.17) is 4.74 Å². The fourth-order valence-corrected chi connectivity index (χ4v) is 5.11. The first-order valence-corrected chi connectivity index (χ1v) is 11.3. The Hall–Kier alpha value is -2.09. The number of ether oxygens (including phenoxy) is 1. The lowest BCUT2D eigenvalue weighted by molar-refractivity contribution is -0.207. The van der Waals surface area contributed by atoms with Crippen molar-refractivity contribution in [3.8, 4) is 10.4 Å². The van der Waals surface area contributed by atoms with Gasteiger partial charge in [0.25, 0.3) is 0 Å². The predicted molar refractivity (Wildman–Crippen MR) is 120 cm³/mol. The number of rotatable bonds is 5. The van der Waals surface area contributed by atoms with Crippen molar-refractivity contribution < 1.29 is 24.4 Å². The van der Waals surface area contributed by atoms with E-state index in [2.05, 4.69) is 6.07 Å². The van der Waals surface area contributed by atoms with Crippen molar-refractivity contribution in [1.82, 2.24) is 0 Å². The normalized spacial score (nSPS) is 26.2. The maximum atomic E-state index is 13.2. The molecule has 0 saturated carbocycles. The van der Waals surface area contributed by atoms with Gasteiger partial charge >= 0.3 is 0 Å². The van der Waals surface area contributed by atoms with Crippen LogP contribution in [0.25, 0.3) is 10.4 Å². The van der Waals surface area contributed by atoms with Gasteiger partial charge in [-0.1, -0.05) is 37.3 Å². The lowest BCUT2D eigenvalue weighted by Gasteiger charge is -2.41. The minimum absolute atomic E-state index is 0.207. The summed E-state index contributed by atoms with van der Waals surface area (Å²) in [6.45, 7) is 3.60. The molecule has 0 unspecified atom stereocenters. The zero-order valence-electron chi connectivity index (χ0n) is 17.5. The van der Waals surface area contributed by atoms with Crippen LogP contribution in [0.5, 0.6) is 0 Å². The third-order valence-electron chi connectivity index (χ3n) is 6.14. The minimum Gasteiger partial charge on any atom is -0.394 e. The fraction of sp³-hybridized carbons (Fsp3) is 0.360. The molecular formula is C25H27FO4S. The maximum absolute atomic E-state index is 13.2. The van der Waals surface area contributed by atoms with Crippen LogP contribution in [0.3, 0.4) is 0 Å². The number of hydrogen-bond donors (Lipinski definition) is 3. The number of thiophene rings is 1. The molecule has 164 valence electrons. The van der Waals surface area contributed by atoms with E-state index in [1.165, 1.54) is 17.0 Å². The van der Waals surface area contributed by atoms with Gasteiger partial charge in [-0.05, 0) is 53.4 Å². The van der Waals surface area contributed by atoms with E-state index in [-0.39, 0.29) is 18.3 Å². The van der Waals surface area contributed by atoms with Crippen LogP contribution >= 0.6 is 11.3 Å². The summed E-state index contributed by atoms with van der Waals surface area (Å²) in [7, 11) is 0. The zero-order valence-corrected chi connectivity index (χ0v) is 18.3. The monoisotopic (exact) mass is 442 g/mol. The molecule has 3 N–H and O–H groups in total. The number of aliphatic hydroxyl groups is 3. The van der Waals surface area contributed by atoms with Crippen LogP contribution in [-0.4, -0.2) is 40.2 Å². The number of benzene rings is 2. The van der Waals surface area contributed by atoms with Gasteiger partial charge in [0.05, 0.1) is 18.8 Å². The van der Waals surface area contributed by atoms with Gasteiger partial charge in [-0.2, -0.15) is 0 Å². The van der Waals surface area contributed by atoms with Crippen LogP contribution in [0, 0.1) is 18.7 Å². The van der Waals surface area contributed by atoms with E-state index in [0.717, 1.165) is 33.6 Å². The van der Waals surface area contributed by atoms with Crippen LogP contribution < -0.4 is 0 Å². The summed E-state index contributed by atoms with van der Waals surface area (Å²) >= 11 is 1.67. The molecule has 1 aromatic heterocycles. The third-order valence-corrected chi connectivity index (χ3v) is 7.28. The number of aryl methyl sites for hydroxylation is 1. The molecular weight excluding hydrogens is 415 g/mol. The highest BCUT2D eigenvalue weighted by Crippen LogP contribution is 2.36. The number of hydrogen-bond acceptors (Lipinski definition) is 5. The van der Waals surface area contributed by atoms with Crippen LogP contribution in [0.15, 0.2) is 54.6 Å². The Bertz CT molecular complexity index is 1030. The van der Waals surface area contributed by atoms with Gasteiger partial charge in [0.2, 0.25) is 0 Å². The zero-order chi connectivity index (χ0) is 22.1. The molecule has 1 saturated heterocycles. The SMILES string of the molecule is Cc1ccc([C@@H]2O[C@H](CO)[C@@H](C)[C@H](O)[C@H]2O)cc1Cc1ccc(-c2ccc(F)cc2)s1. The highest BCUT2D eigenvalue weighted by molar-refractivity contribution is 7.15.